The summed E-state index contributed by atoms with van der Waals surface area (Å²) in [4.78, 5) is 15.2. The molecular formula is C23H20Cl2N2O. The van der Waals surface area contributed by atoms with E-state index < -0.39 is 0 Å². The van der Waals surface area contributed by atoms with Gasteiger partial charge in [0.1, 0.15) is 0 Å². The predicted octanol–water partition coefficient (Wildman–Crippen LogP) is 6.59. The van der Waals surface area contributed by atoms with E-state index in [0.29, 0.717) is 15.6 Å². The van der Waals surface area contributed by atoms with Gasteiger partial charge in [-0.1, -0.05) is 59.6 Å². The largest absolute Gasteiger partial charge is 0.378 e. The summed E-state index contributed by atoms with van der Waals surface area (Å²) >= 11 is 12.1. The molecule has 1 N–H and O–H groups in total. The molecule has 0 saturated heterocycles. The number of rotatable bonds is 3. The highest BCUT2D eigenvalue weighted by Gasteiger charge is 2.34. The fourth-order valence-corrected chi connectivity index (χ4v) is 4.06. The second kappa shape index (κ2) is 7.86. The number of carbonyl (C=O) groups is 1. The number of amides is 1. The van der Waals surface area contributed by atoms with E-state index in [0.717, 1.165) is 23.4 Å². The van der Waals surface area contributed by atoms with E-state index in [1.807, 2.05) is 41.3 Å². The minimum Gasteiger partial charge on any atom is -0.378 e. The van der Waals surface area contributed by atoms with Crippen molar-refractivity contribution in [3.8, 4) is 0 Å². The van der Waals surface area contributed by atoms with Gasteiger partial charge in [-0.3, -0.25) is 4.79 Å². The Morgan fingerprint density at radius 3 is 2.43 bits per heavy atom. The highest BCUT2D eigenvalue weighted by atomic mass is 35.5. The molecule has 1 aliphatic heterocycles. The Hall–Kier alpha value is -2.49. The molecule has 0 unspecified atom stereocenters. The summed E-state index contributed by atoms with van der Waals surface area (Å²) in [6.07, 6.45) is 0.805. The maximum atomic E-state index is 13.3. The van der Waals surface area contributed by atoms with Gasteiger partial charge in [-0.25, -0.2) is 0 Å². The minimum atomic E-state index is -0.0725. The second-order valence-electron chi connectivity index (χ2n) is 7.01. The van der Waals surface area contributed by atoms with Gasteiger partial charge >= 0.3 is 0 Å². The van der Waals surface area contributed by atoms with E-state index in [1.165, 1.54) is 0 Å². The Balaban J connectivity index is 1.69. The number of anilines is 2. The van der Waals surface area contributed by atoms with Crippen LogP contribution in [0.25, 0.3) is 0 Å². The molecule has 0 radical (unpaired) electrons. The van der Waals surface area contributed by atoms with Crippen LogP contribution in [0.15, 0.2) is 72.8 Å². The van der Waals surface area contributed by atoms with Crippen molar-refractivity contribution in [3.63, 3.8) is 0 Å². The molecule has 28 heavy (non-hydrogen) atoms. The highest BCUT2D eigenvalue weighted by Crippen LogP contribution is 2.39. The minimum absolute atomic E-state index is 0.0260. The lowest BCUT2D eigenvalue weighted by Crippen LogP contribution is -2.44. The zero-order valence-corrected chi connectivity index (χ0v) is 16.9. The van der Waals surface area contributed by atoms with Crippen LogP contribution in [-0.2, 0) is 0 Å². The molecule has 3 aromatic carbocycles. The summed E-state index contributed by atoms with van der Waals surface area (Å²) in [7, 11) is 0. The molecule has 1 aliphatic rings. The molecule has 1 heterocycles. The molecule has 0 fully saturated rings. The standard InChI is InChI=1S/C23H20Cl2N2O/c1-15-13-21(26-17-7-3-2-4-8-17)18-9-5-6-10-22(18)27(15)23(28)16-11-12-19(24)20(25)14-16/h2-12,14-15,21,26H,13H2,1H3/t15-,21+/m0/s1. The maximum Gasteiger partial charge on any atom is 0.258 e. The molecule has 0 aromatic heterocycles. The average molecular weight is 411 g/mol. The van der Waals surface area contributed by atoms with Gasteiger partial charge in [-0.15, -0.1) is 0 Å². The molecule has 3 nitrogen and oxygen atoms in total. The number of halogens is 2. The number of para-hydroxylation sites is 2. The van der Waals surface area contributed by atoms with Crippen molar-refractivity contribution in [1.29, 1.82) is 0 Å². The first-order valence-corrected chi connectivity index (χ1v) is 9.99. The molecule has 0 bridgehead atoms. The molecule has 142 valence electrons. The molecule has 5 heteroatoms. The number of carbonyl (C=O) groups excluding carboxylic acids is 1. The van der Waals surface area contributed by atoms with Gasteiger partial charge in [0.2, 0.25) is 0 Å². The van der Waals surface area contributed by atoms with Crippen LogP contribution < -0.4 is 10.2 Å². The third-order valence-electron chi connectivity index (χ3n) is 5.09. The Bertz CT molecular complexity index is 1010. The summed E-state index contributed by atoms with van der Waals surface area (Å²) in [6.45, 7) is 2.07. The van der Waals surface area contributed by atoms with Crippen LogP contribution in [0.5, 0.6) is 0 Å². The van der Waals surface area contributed by atoms with Gasteiger partial charge in [-0.2, -0.15) is 0 Å². The first-order chi connectivity index (χ1) is 13.5. The van der Waals surface area contributed by atoms with Crippen LogP contribution in [-0.4, -0.2) is 11.9 Å². The zero-order chi connectivity index (χ0) is 19.7. The van der Waals surface area contributed by atoms with Gasteiger partial charge in [0, 0.05) is 23.0 Å². The first-order valence-electron chi connectivity index (χ1n) is 9.23. The SMILES string of the molecule is C[C@H]1C[C@@H](Nc2ccccc2)c2ccccc2N1C(=O)c1ccc(Cl)c(Cl)c1. The normalized spacial score (nSPS) is 18.5. The zero-order valence-electron chi connectivity index (χ0n) is 15.4. The third-order valence-corrected chi connectivity index (χ3v) is 5.83. The van der Waals surface area contributed by atoms with Crippen molar-refractivity contribution in [2.75, 3.05) is 10.2 Å². The lowest BCUT2D eigenvalue weighted by atomic mass is 9.90. The number of benzene rings is 3. The van der Waals surface area contributed by atoms with E-state index in [-0.39, 0.29) is 18.0 Å². The van der Waals surface area contributed by atoms with Crippen molar-refractivity contribution in [2.45, 2.75) is 25.4 Å². The van der Waals surface area contributed by atoms with Crippen LogP contribution in [0, 0.1) is 0 Å². The summed E-state index contributed by atoms with van der Waals surface area (Å²) < 4.78 is 0. The summed E-state index contributed by atoms with van der Waals surface area (Å²) in [5, 5.41) is 4.43. The second-order valence-corrected chi connectivity index (χ2v) is 7.82. The lowest BCUT2D eigenvalue weighted by Gasteiger charge is -2.40. The van der Waals surface area contributed by atoms with Gasteiger partial charge in [-0.05, 0) is 55.3 Å². The van der Waals surface area contributed by atoms with Crippen LogP contribution in [0.1, 0.15) is 35.3 Å². The smallest absolute Gasteiger partial charge is 0.258 e. The van der Waals surface area contributed by atoms with E-state index in [1.54, 1.807) is 18.2 Å². The molecular weight excluding hydrogens is 391 g/mol. The summed E-state index contributed by atoms with van der Waals surface area (Å²) in [5.41, 5.74) is 3.63. The predicted molar refractivity (Wildman–Crippen MR) is 117 cm³/mol. The van der Waals surface area contributed by atoms with Crippen LogP contribution in [0.3, 0.4) is 0 Å². The van der Waals surface area contributed by atoms with Gasteiger partial charge < -0.3 is 10.2 Å². The Morgan fingerprint density at radius 2 is 1.68 bits per heavy atom. The Labute approximate surface area is 174 Å². The van der Waals surface area contributed by atoms with Crippen molar-refractivity contribution < 1.29 is 4.79 Å². The molecule has 0 saturated carbocycles. The monoisotopic (exact) mass is 410 g/mol. The topological polar surface area (TPSA) is 32.3 Å². The quantitative estimate of drug-likeness (QED) is 0.528. The fourth-order valence-electron chi connectivity index (χ4n) is 3.76. The third kappa shape index (κ3) is 3.60. The van der Waals surface area contributed by atoms with E-state index in [9.17, 15) is 4.79 Å². The van der Waals surface area contributed by atoms with Gasteiger partial charge in [0.25, 0.3) is 5.91 Å². The fraction of sp³-hybridized carbons (Fsp3) is 0.174. The molecule has 3 aromatic rings. The molecule has 4 rings (SSSR count). The van der Waals surface area contributed by atoms with E-state index >= 15 is 0 Å². The Kier molecular flexibility index (Phi) is 5.29. The van der Waals surface area contributed by atoms with Crippen LogP contribution in [0.2, 0.25) is 10.0 Å². The van der Waals surface area contributed by atoms with Gasteiger partial charge in [0.15, 0.2) is 0 Å². The molecule has 1 amide bonds. The van der Waals surface area contributed by atoms with Crippen molar-refractivity contribution in [2.24, 2.45) is 0 Å². The number of hydrogen-bond donors (Lipinski definition) is 1. The average Bonchev–Trinajstić information content (AvgIpc) is 2.70. The molecule has 0 aliphatic carbocycles. The first kappa shape index (κ1) is 18.9. The summed E-state index contributed by atoms with van der Waals surface area (Å²) in [6, 6.07) is 23.4. The van der Waals surface area contributed by atoms with Crippen LogP contribution in [0.4, 0.5) is 11.4 Å². The van der Waals surface area contributed by atoms with E-state index in [4.69, 9.17) is 23.2 Å². The van der Waals surface area contributed by atoms with Crippen molar-refractivity contribution >= 4 is 40.5 Å². The molecule has 0 spiro atoms. The summed E-state index contributed by atoms with van der Waals surface area (Å²) in [5.74, 6) is -0.0725. The number of nitrogens with one attached hydrogen (secondary N) is 1. The number of nitrogens with zero attached hydrogens (tertiary/aromatic N) is 1. The van der Waals surface area contributed by atoms with Gasteiger partial charge in [0.05, 0.1) is 16.1 Å². The van der Waals surface area contributed by atoms with Crippen LogP contribution >= 0.6 is 23.2 Å². The Morgan fingerprint density at radius 1 is 0.964 bits per heavy atom. The maximum absolute atomic E-state index is 13.3. The highest BCUT2D eigenvalue weighted by molar-refractivity contribution is 6.42. The molecule has 2 atom stereocenters. The number of hydrogen-bond acceptors (Lipinski definition) is 2. The van der Waals surface area contributed by atoms with Crippen molar-refractivity contribution in [3.05, 3.63) is 94.0 Å². The lowest BCUT2D eigenvalue weighted by molar-refractivity contribution is 0.0974. The van der Waals surface area contributed by atoms with Crippen molar-refractivity contribution in [1.82, 2.24) is 0 Å². The van der Waals surface area contributed by atoms with E-state index in [2.05, 4.69) is 30.4 Å². The number of fused-ring (bicyclic) bond motifs is 1.